The molecule has 1 aliphatic heterocycles. The van der Waals surface area contributed by atoms with Crippen LogP contribution in [0.25, 0.3) is 22.0 Å². The molecule has 8 nitrogen and oxygen atoms in total. The lowest BCUT2D eigenvalue weighted by Crippen LogP contribution is -2.36. The van der Waals surface area contributed by atoms with Gasteiger partial charge in [0.1, 0.15) is 17.0 Å². The Bertz CT molecular complexity index is 1660. The van der Waals surface area contributed by atoms with E-state index in [1.165, 1.54) is 4.57 Å². The number of pyridine rings is 1. The molecule has 10 heteroatoms. The van der Waals surface area contributed by atoms with Gasteiger partial charge in [0.05, 0.1) is 23.9 Å². The Morgan fingerprint density at radius 2 is 1.82 bits per heavy atom. The summed E-state index contributed by atoms with van der Waals surface area (Å²) in [4.78, 5) is 18.3. The lowest BCUT2D eigenvalue weighted by molar-refractivity contribution is 0.0374. The monoisotopic (exact) mass is 569 g/mol. The van der Waals surface area contributed by atoms with Crippen LogP contribution in [0, 0.1) is 0 Å². The minimum atomic E-state index is -3.48. The number of sulfone groups is 1. The number of hydrogen-bond acceptors (Lipinski definition) is 6. The van der Waals surface area contributed by atoms with Crippen molar-refractivity contribution in [3.63, 3.8) is 0 Å². The maximum atomic E-state index is 12.8. The molecule has 1 N–H and O–H groups in total. The smallest absolute Gasteiger partial charge is 0.274 e. The number of rotatable bonds is 9. The van der Waals surface area contributed by atoms with Crippen LogP contribution in [0.2, 0.25) is 5.02 Å². The molecule has 1 aliphatic rings. The van der Waals surface area contributed by atoms with Gasteiger partial charge in [-0.3, -0.25) is 9.69 Å². The number of aromatic amines is 1. The van der Waals surface area contributed by atoms with Gasteiger partial charge in [-0.25, -0.2) is 8.42 Å². The van der Waals surface area contributed by atoms with Gasteiger partial charge in [-0.05, 0) is 67.4 Å². The number of halogens is 1. The predicted molar refractivity (Wildman–Crippen MR) is 154 cm³/mol. The molecule has 39 heavy (non-hydrogen) atoms. The zero-order valence-electron chi connectivity index (χ0n) is 22.1. The summed E-state index contributed by atoms with van der Waals surface area (Å²) in [6, 6.07) is 12.3. The minimum absolute atomic E-state index is 0.0238. The van der Waals surface area contributed by atoms with Gasteiger partial charge in [-0.1, -0.05) is 18.5 Å². The fraction of sp³-hybridized carbons (Fsp3) is 0.345. The Hall–Kier alpha value is -3.11. The number of benzene rings is 2. The molecule has 0 unspecified atom stereocenters. The number of aromatic nitrogens is 2. The van der Waals surface area contributed by atoms with Crippen molar-refractivity contribution in [2.75, 3.05) is 38.6 Å². The number of morpholine rings is 1. The van der Waals surface area contributed by atoms with Crippen LogP contribution in [0.15, 0.2) is 64.5 Å². The zero-order chi connectivity index (χ0) is 27.6. The summed E-state index contributed by atoms with van der Waals surface area (Å²) >= 11 is 6.36. The Morgan fingerprint density at radius 1 is 1.05 bits per heavy atom. The number of fused-ring (bicyclic) bond motifs is 1. The number of nitrogens with zero attached hydrogens (tertiary/aromatic N) is 2. The predicted octanol–water partition coefficient (Wildman–Crippen LogP) is 5.04. The summed E-state index contributed by atoms with van der Waals surface area (Å²) in [5.41, 5.74) is 2.52. The third-order valence-electron chi connectivity index (χ3n) is 7.14. The van der Waals surface area contributed by atoms with Gasteiger partial charge < -0.3 is 19.0 Å². The van der Waals surface area contributed by atoms with Gasteiger partial charge in [0.2, 0.25) is 0 Å². The van der Waals surface area contributed by atoms with Crippen molar-refractivity contribution in [1.29, 1.82) is 0 Å². The summed E-state index contributed by atoms with van der Waals surface area (Å²) in [5.74, 6) is 1.12. The van der Waals surface area contributed by atoms with Gasteiger partial charge in [0.15, 0.2) is 9.84 Å². The topological polar surface area (TPSA) is 93.6 Å². The molecule has 0 saturated carbocycles. The van der Waals surface area contributed by atoms with Crippen molar-refractivity contribution in [3.05, 3.63) is 75.8 Å². The van der Waals surface area contributed by atoms with Gasteiger partial charge in [0, 0.05) is 54.1 Å². The van der Waals surface area contributed by atoms with Crippen molar-refractivity contribution in [1.82, 2.24) is 14.5 Å². The Balaban J connectivity index is 1.54. The number of aryl methyl sites for hydroxylation is 2. The van der Waals surface area contributed by atoms with Crippen molar-refractivity contribution in [2.24, 2.45) is 7.05 Å². The number of hydrogen-bond donors (Lipinski definition) is 1. The largest absolute Gasteiger partial charge is 0.456 e. The molecule has 5 rings (SSSR count). The number of nitrogens with one attached hydrogen (secondary N) is 1. The summed E-state index contributed by atoms with van der Waals surface area (Å²) in [6.07, 6.45) is 5.12. The molecule has 0 atom stereocenters. The molecule has 4 aromatic rings. The number of H-pyrrole nitrogens is 1. The third kappa shape index (κ3) is 5.91. The van der Waals surface area contributed by atoms with Crippen molar-refractivity contribution >= 4 is 32.3 Å². The van der Waals surface area contributed by atoms with E-state index >= 15 is 0 Å². The lowest BCUT2D eigenvalue weighted by Gasteiger charge is -2.26. The standard InChI is InChI=1S/C29H32ClN3O5S/c1-3-39(35,36)22-7-9-27(24(18-22)25-19-32(2)29(34)28-23(25)10-11-31-28)38-26-8-6-21(30)17-20(26)5-4-12-33-13-15-37-16-14-33/h6-11,17-19,31H,3-5,12-16H2,1-2H3. The molecular formula is C29H32ClN3O5S. The fourth-order valence-corrected chi connectivity index (χ4v) is 6.03. The van der Waals surface area contributed by atoms with E-state index in [1.807, 2.05) is 18.2 Å². The zero-order valence-corrected chi connectivity index (χ0v) is 23.6. The summed E-state index contributed by atoms with van der Waals surface area (Å²) in [6.45, 7) is 5.96. The normalized spacial score (nSPS) is 14.6. The molecule has 0 aliphatic carbocycles. The number of ether oxygens (including phenoxy) is 2. The van der Waals surface area contributed by atoms with Crippen LogP contribution >= 0.6 is 11.6 Å². The SMILES string of the molecule is CCS(=O)(=O)c1ccc(Oc2ccc(Cl)cc2CCCN2CCOCC2)c(-c2cn(C)c(=O)c3[nH]ccc23)c1. The highest BCUT2D eigenvalue weighted by molar-refractivity contribution is 7.91. The average molecular weight is 570 g/mol. The Morgan fingerprint density at radius 3 is 2.59 bits per heavy atom. The highest BCUT2D eigenvalue weighted by Crippen LogP contribution is 2.39. The summed E-state index contributed by atoms with van der Waals surface area (Å²) in [7, 11) is -1.80. The fourth-order valence-electron chi connectivity index (χ4n) is 4.93. The van der Waals surface area contributed by atoms with Gasteiger partial charge in [-0.15, -0.1) is 0 Å². The molecular weight excluding hydrogens is 538 g/mol. The molecule has 0 bridgehead atoms. The van der Waals surface area contributed by atoms with Crippen LogP contribution in [-0.2, 0) is 28.0 Å². The second-order valence-electron chi connectivity index (χ2n) is 9.70. The molecule has 1 saturated heterocycles. The molecule has 2 aromatic heterocycles. The van der Waals surface area contributed by atoms with E-state index in [4.69, 9.17) is 21.1 Å². The van der Waals surface area contributed by atoms with Gasteiger partial charge >= 0.3 is 0 Å². The minimum Gasteiger partial charge on any atom is -0.456 e. The third-order valence-corrected chi connectivity index (χ3v) is 9.11. The first-order valence-corrected chi connectivity index (χ1v) is 15.1. The molecule has 0 amide bonds. The van der Waals surface area contributed by atoms with Crippen LogP contribution in [-0.4, -0.2) is 61.5 Å². The molecule has 0 spiro atoms. The molecule has 206 valence electrons. The first kappa shape index (κ1) is 27.5. The van der Waals surface area contributed by atoms with Crippen molar-refractivity contribution < 1.29 is 17.9 Å². The first-order chi connectivity index (χ1) is 18.8. The van der Waals surface area contributed by atoms with E-state index in [0.717, 1.165) is 51.3 Å². The second-order valence-corrected chi connectivity index (χ2v) is 12.4. The molecule has 3 heterocycles. The Kier molecular flexibility index (Phi) is 8.13. The molecule has 1 fully saturated rings. The van der Waals surface area contributed by atoms with E-state index in [9.17, 15) is 13.2 Å². The van der Waals surface area contributed by atoms with Gasteiger partial charge in [-0.2, -0.15) is 0 Å². The second kappa shape index (κ2) is 11.6. The van der Waals surface area contributed by atoms with E-state index in [2.05, 4.69) is 9.88 Å². The van der Waals surface area contributed by atoms with E-state index in [1.54, 1.807) is 50.6 Å². The van der Waals surface area contributed by atoms with Crippen LogP contribution < -0.4 is 10.3 Å². The van der Waals surface area contributed by atoms with Gasteiger partial charge in [0.25, 0.3) is 5.56 Å². The van der Waals surface area contributed by atoms with E-state index in [0.29, 0.717) is 38.6 Å². The van der Waals surface area contributed by atoms with Crippen LogP contribution in [0.5, 0.6) is 11.5 Å². The van der Waals surface area contributed by atoms with Crippen molar-refractivity contribution in [3.8, 4) is 22.6 Å². The molecule has 0 radical (unpaired) electrons. The first-order valence-electron chi connectivity index (χ1n) is 13.1. The van der Waals surface area contributed by atoms with Crippen molar-refractivity contribution in [2.45, 2.75) is 24.7 Å². The summed E-state index contributed by atoms with van der Waals surface area (Å²) < 4.78 is 39.0. The van der Waals surface area contributed by atoms with E-state index < -0.39 is 9.84 Å². The quantitative estimate of drug-likeness (QED) is 0.304. The van der Waals surface area contributed by atoms with Crippen LogP contribution in [0.3, 0.4) is 0 Å². The molecule has 2 aromatic carbocycles. The average Bonchev–Trinajstić information content (AvgIpc) is 3.43. The maximum Gasteiger partial charge on any atom is 0.274 e. The summed E-state index contributed by atoms with van der Waals surface area (Å²) in [5, 5.41) is 1.32. The maximum absolute atomic E-state index is 12.8. The van der Waals surface area contributed by atoms with Crippen LogP contribution in [0.4, 0.5) is 0 Å². The van der Waals surface area contributed by atoms with Crippen LogP contribution in [0.1, 0.15) is 18.9 Å². The lowest BCUT2D eigenvalue weighted by atomic mass is 10.0. The van der Waals surface area contributed by atoms with E-state index in [-0.39, 0.29) is 16.2 Å². The highest BCUT2D eigenvalue weighted by Gasteiger charge is 2.20. The Labute approximate surface area is 233 Å². The highest BCUT2D eigenvalue weighted by atomic mass is 35.5.